The summed E-state index contributed by atoms with van der Waals surface area (Å²) in [6.07, 6.45) is 9.44. The molecule has 0 aromatic heterocycles. The van der Waals surface area contributed by atoms with E-state index < -0.39 is 8.32 Å². The van der Waals surface area contributed by atoms with Crippen LogP contribution in [0, 0.1) is 0 Å². The molecule has 0 aliphatic heterocycles. The lowest BCUT2D eigenvalue weighted by Crippen LogP contribution is -2.39. The Bertz CT molecular complexity index is 458. The van der Waals surface area contributed by atoms with E-state index in [1.54, 1.807) is 0 Å². The van der Waals surface area contributed by atoms with Gasteiger partial charge in [0.1, 0.15) is 0 Å². The summed E-state index contributed by atoms with van der Waals surface area (Å²) < 4.78 is 5.76. The molecule has 0 N–H and O–H groups in total. The Morgan fingerprint density at radius 3 is 2.38 bits per heavy atom. The molecular formula is C18H29NOSi. The molecule has 2 nitrogen and oxygen atoms in total. The van der Waals surface area contributed by atoms with Crippen LogP contribution in [0.15, 0.2) is 41.6 Å². The van der Waals surface area contributed by atoms with Crippen LogP contribution < -0.4 is 0 Å². The molecule has 0 radical (unpaired) electrons. The third kappa shape index (κ3) is 6.76. The van der Waals surface area contributed by atoms with E-state index in [4.69, 9.17) is 4.53 Å². The molecule has 1 rings (SSSR count). The third-order valence-electron chi connectivity index (χ3n) is 3.98. The molecule has 0 unspecified atom stereocenters. The van der Waals surface area contributed by atoms with Gasteiger partial charge < -0.3 is 4.53 Å². The summed E-state index contributed by atoms with van der Waals surface area (Å²) in [7, 11) is -1.74. The van der Waals surface area contributed by atoms with Crippen molar-refractivity contribution in [3.05, 3.63) is 42.0 Å². The highest BCUT2D eigenvalue weighted by Crippen LogP contribution is 2.36. The molecule has 0 saturated carbocycles. The van der Waals surface area contributed by atoms with Gasteiger partial charge in [0.15, 0.2) is 0 Å². The van der Waals surface area contributed by atoms with Crippen LogP contribution in [0.3, 0.4) is 0 Å². The molecule has 3 heteroatoms. The van der Waals surface area contributed by atoms with Crippen molar-refractivity contribution in [2.45, 2.75) is 58.2 Å². The maximum absolute atomic E-state index is 5.76. The molecule has 0 bridgehead atoms. The minimum Gasteiger partial charge on any atom is -0.455 e. The van der Waals surface area contributed by atoms with Crippen molar-refractivity contribution in [3.63, 3.8) is 0 Å². The SMILES string of the molecule is CC(C)(C)[Si](C)(C)O/N=C/CCC/C=C/c1ccccc1. The fourth-order valence-electron chi connectivity index (χ4n) is 1.47. The quantitative estimate of drug-likeness (QED) is 0.267. The Hall–Kier alpha value is -1.35. The minimum absolute atomic E-state index is 0.211. The van der Waals surface area contributed by atoms with Crippen molar-refractivity contribution in [1.82, 2.24) is 0 Å². The molecule has 0 fully saturated rings. The first-order chi connectivity index (χ1) is 9.83. The first-order valence-electron chi connectivity index (χ1n) is 7.74. The Kier molecular flexibility index (Phi) is 6.89. The summed E-state index contributed by atoms with van der Waals surface area (Å²) in [5.41, 5.74) is 1.26. The summed E-state index contributed by atoms with van der Waals surface area (Å²) in [6.45, 7) is 11.1. The number of hydrogen-bond acceptors (Lipinski definition) is 2. The first kappa shape index (κ1) is 17.7. The van der Waals surface area contributed by atoms with Gasteiger partial charge in [-0.1, -0.05) is 63.3 Å². The maximum atomic E-state index is 5.76. The van der Waals surface area contributed by atoms with Crippen molar-refractivity contribution >= 4 is 20.6 Å². The Morgan fingerprint density at radius 2 is 1.76 bits per heavy atom. The van der Waals surface area contributed by atoms with Crippen molar-refractivity contribution in [3.8, 4) is 0 Å². The largest absolute Gasteiger partial charge is 0.455 e. The fraction of sp³-hybridized carbons (Fsp3) is 0.500. The molecule has 0 aliphatic carbocycles. The van der Waals surface area contributed by atoms with Crippen LogP contribution in [0.25, 0.3) is 6.08 Å². The zero-order valence-corrected chi connectivity index (χ0v) is 15.1. The lowest BCUT2D eigenvalue weighted by atomic mass is 10.2. The first-order valence-corrected chi connectivity index (χ1v) is 10.7. The Morgan fingerprint density at radius 1 is 1.10 bits per heavy atom. The molecule has 116 valence electrons. The van der Waals surface area contributed by atoms with Crippen LogP contribution in [-0.4, -0.2) is 14.5 Å². The number of oxime groups is 1. The highest BCUT2D eigenvalue weighted by Gasteiger charge is 2.39. The second-order valence-corrected chi connectivity index (χ2v) is 11.6. The lowest BCUT2D eigenvalue weighted by molar-refractivity contribution is 0.309. The summed E-state index contributed by atoms with van der Waals surface area (Å²) in [5, 5.41) is 4.39. The van der Waals surface area contributed by atoms with E-state index in [1.807, 2.05) is 12.3 Å². The smallest absolute Gasteiger partial charge is 0.286 e. The molecule has 0 amide bonds. The van der Waals surface area contributed by atoms with Crippen molar-refractivity contribution < 1.29 is 4.53 Å². The molecular weight excluding hydrogens is 274 g/mol. The second kappa shape index (κ2) is 8.18. The molecule has 0 spiro atoms. The van der Waals surface area contributed by atoms with E-state index in [0.29, 0.717) is 0 Å². The van der Waals surface area contributed by atoms with E-state index in [9.17, 15) is 0 Å². The van der Waals surface area contributed by atoms with E-state index in [2.05, 4.69) is 75.4 Å². The molecule has 1 aromatic carbocycles. The predicted molar refractivity (Wildman–Crippen MR) is 96.1 cm³/mol. The molecule has 1 aromatic rings. The third-order valence-corrected chi connectivity index (χ3v) is 8.15. The highest BCUT2D eigenvalue weighted by atomic mass is 28.4. The normalized spacial score (nSPS) is 13.2. The van der Waals surface area contributed by atoms with Crippen LogP contribution >= 0.6 is 0 Å². The lowest BCUT2D eigenvalue weighted by Gasteiger charge is -2.33. The fourth-order valence-corrected chi connectivity index (χ4v) is 2.08. The van der Waals surface area contributed by atoms with E-state index in [1.165, 1.54) is 5.56 Å². The van der Waals surface area contributed by atoms with Crippen LogP contribution in [0.5, 0.6) is 0 Å². The van der Waals surface area contributed by atoms with Crippen LogP contribution in [0.1, 0.15) is 45.6 Å². The summed E-state index contributed by atoms with van der Waals surface area (Å²) >= 11 is 0. The van der Waals surface area contributed by atoms with E-state index in [0.717, 1.165) is 19.3 Å². The Balaban J connectivity index is 2.20. The average Bonchev–Trinajstić information content (AvgIpc) is 2.41. The van der Waals surface area contributed by atoms with Gasteiger partial charge in [-0.25, -0.2) is 0 Å². The number of allylic oxidation sites excluding steroid dienone is 1. The van der Waals surface area contributed by atoms with Crippen LogP contribution in [0.4, 0.5) is 0 Å². The number of hydrogen-bond donors (Lipinski definition) is 0. The van der Waals surface area contributed by atoms with Gasteiger partial charge in [0, 0.05) is 6.21 Å². The van der Waals surface area contributed by atoms with Gasteiger partial charge in [-0.2, -0.15) is 0 Å². The van der Waals surface area contributed by atoms with Gasteiger partial charge in [-0.15, -0.1) is 5.16 Å². The average molecular weight is 304 g/mol. The van der Waals surface area contributed by atoms with Crippen LogP contribution in [-0.2, 0) is 4.53 Å². The van der Waals surface area contributed by atoms with Crippen molar-refractivity contribution in [2.24, 2.45) is 5.16 Å². The maximum Gasteiger partial charge on any atom is 0.286 e. The monoisotopic (exact) mass is 303 g/mol. The number of benzene rings is 1. The zero-order chi connectivity index (χ0) is 15.8. The topological polar surface area (TPSA) is 21.6 Å². The predicted octanol–water partition coefficient (Wildman–Crippen LogP) is 5.88. The van der Waals surface area contributed by atoms with Gasteiger partial charge in [-0.3, -0.25) is 0 Å². The van der Waals surface area contributed by atoms with Gasteiger partial charge >= 0.3 is 0 Å². The van der Waals surface area contributed by atoms with E-state index >= 15 is 0 Å². The number of nitrogens with zero attached hydrogens (tertiary/aromatic N) is 1. The summed E-state index contributed by atoms with van der Waals surface area (Å²) in [5.74, 6) is 0. The summed E-state index contributed by atoms with van der Waals surface area (Å²) in [6, 6.07) is 10.4. The van der Waals surface area contributed by atoms with Gasteiger partial charge in [0.2, 0.25) is 0 Å². The molecule has 0 heterocycles. The number of rotatable bonds is 7. The molecule has 21 heavy (non-hydrogen) atoms. The standard InChI is InChI=1S/C18H29NOSi/c1-18(2,3)21(4,5)20-19-16-12-7-6-9-13-17-14-10-8-11-15-17/h8-11,13-16H,6-7,12H2,1-5H3/b13-9+,19-16+. The second-order valence-electron chi connectivity index (χ2n) is 6.88. The van der Waals surface area contributed by atoms with Gasteiger partial charge in [0.25, 0.3) is 8.32 Å². The van der Waals surface area contributed by atoms with Gasteiger partial charge in [0.05, 0.1) is 0 Å². The van der Waals surface area contributed by atoms with Crippen molar-refractivity contribution in [1.29, 1.82) is 0 Å². The molecule has 0 atom stereocenters. The highest BCUT2D eigenvalue weighted by molar-refractivity contribution is 6.74. The summed E-state index contributed by atoms with van der Waals surface area (Å²) in [4.78, 5) is 0. The van der Waals surface area contributed by atoms with Gasteiger partial charge in [-0.05, 0) is 43.0 Å². The van der Waals surface area contributed by atoms with E-state index in [-0.39, 0.29) is 5.04 Å². The van der Waals surface area contributed by atoms with Crippen molar-refractivity contribution in [2.75, 3.05) is 0 Å². The minimum atomic E-state index is -1.74. The van der Waals surface area contributed by atoms with Crippen LogP contribution in [0.2, 0.25) is 18.1 Å². The number of unbranched alkanes of at least 4 members (excludes halogenated alkanes) is 2. The molecule has 0 aliphatic rings. The molecule has 0 saturated heterocycles. The Labute approximate surface area is 131 Å². The zero-order valence-electron chi connectivity index (χ0n) is 14.1.